The van der Waals surface area contributed by atoms with Crippen molar-refractivity contribution < 1.29 is 8.42 Å². The van der Waals surface area contributed by atoms with Crippen molar-refractivity contribution in [3.8, 4) is 5.82 Å². The number of hydrogen-bond acceptors (Lipinski definition) is 7. The molecule has 0 spiro atoms. The fraction of sp³-hybridized carbons (Fsp3) is 0.0556. The number of fused-ring (bicyclic) bond motifs is 1. The third-order valence-electron chi connectivity index (χ3n) is 3.90. The predicted molar refractivity (Wildman–Crippen MR) is 109 cm³/mol. The highest BCUT2D eigenvalue weighted by molar-refractivity contribution is 7.92. The normalized spacial score (nSPS) is 11.5. The number of rotatable bonds is 5. The maximum atomic E-state index is 11.3. The molecule has 0 amide bonds. The number of aromatic nitrogens is 4. The molecule has 0 atom stereocenters. The quantitative estimate of drug-likeness (QED) is 0.474. The van der Waals surface area contributed by atoms with Crippen LogP contribution in [0.3, 0.4) is 0 Å². The van der Waals surface area contributed by atoms with Gasteiger partial charge in [0.15, 0.2) is 0 Å². The van der Waals surface area contributed by atoms with E-state index in [0.29, 0.717) is 29.1 Å². The second-order valence-corrected chi connectivity index (χ2v) is 7.86. The summed E-state index contributed by atoms with van der Waals surface area (Å²) in [5, 5.41) is 3.09. The van der Waals surface area contributed by atoms with Gasteiger partial charge in [0.2, 0.25) is 21.9 Å². The Balaban J connectivity index is 1.62. The van der Waals surface area contributed by atoms with Crippen molar-refractivity contribution in [3.05, 3.63) is 60.8 Å². The molecule has 2 aromatic carbocycles. The maximum Gasteiger partial charge on any atom is 0.229 e. The first-order valence-corrected chi connectivity index (χ1v) is 10.2. The van der Waals surface area contributed by atoms with Gasteiger partial charge in [-0.25, -0.2) is 18.4 Å². The van der Waals surface area contributed by atoms with Crippen LogP contribution in [0.2, 0.25) is 0 Å². The predicted octanol–water partition coefficient (Wildman–Crippen LogP) is 2.51. The summed E-state index contributed by atoms with van der Waals surface area (Å²) in [6.45, 7) is 0. The van der Waals surface area contributed by atoms with Gasteiger partial charge in [0.1, 0.15) is 5.82 Å². The van der Waals surface area contributed by atoms with Crippen LogP contribution in [-0.4, -0.2) is 34.2 Å². The maximum absolute atomic E-state index is 11.3. The molecule has 0 aliphatic rings. The minimum atomic E-state index is -3.32. The van der Waals surface area contributed by atoms with Gasteiger partial charge in [-0.15, -0.1) is 0 Å². The standard InChI is InChI=1S/C18H17N7O2S/c1-28(26,27)24-13-8-6-12(7-9-13)21-18-20-11-10-16(23-18)25-15-5-3-2-4-14(15)22-17(25)19/h2-11,24H,1H3,(H2,19,22)(H,20,21,23). The first kappa shape index (κ1) is 17.7. The lowest BCUT2D eigenvalue weighted by Crippen LogP contribution is -2.09. The number of imidazole rings is 1. The fourth-order valence-corrected chi connectivity index (χ4v) is 3.35. The number of anilines is 4. The third kappa shape index (κ3) is 3.71. The van der Waals surface area contributed by atoms with E-state index in [1.165, 1.54) is 0 Å². The summed E-state index contributed by atoms with van der Waals surface area (Å²) in [5.41, 5.74) is 8.88. The van der Waals surface area contributed by atoms with E-state index < -0.39 is 10.0 Å². The van der Waals surface area contributed by atoms with Gasteiger partial charge >= 0.3 is 0 Å². The second-order valence-electron chi connectivity index (χ2n) is 6.11. The molecule has 0 unspecified atom stereocenters. The number of nitrogen functional groups attached to an aromatic ring is 1. The summed E-state index contributed by atoms with van der Waals surface area (Å²) in [5.74, 6) is 1.29. The van der Waals surface area contributed by atoms with E-state index in [0.717, 1.165) is 17.3 Å². The van der Waals surface area contributed by atoms with E-state index in [-0.39, 0.29) is 0 Å². The Hall–Kier alpha value is -3.66. The van der Waals surface area contributed by atoms with E-state index in [2.05, 4.69) is 25.0 Å². The number of nitrogens with one attached hydrogen (secondary N) is 2. The highest BCUT2D eigenvalue weighted by Crippen LogP contribution is 2.23. The lowest BCUT2D eigenvalue weighted by molar-refractivity contribution is 0.607. The molecule has 0 bridgehead atoms. The van der Waals surface area contributed by atoms with Gasteiger partial charge in [0.05, 0.1) is 17.3 Å². The summed E-state index contributed by atoms with van der Waals surface area (Å²) in [7, 11) is -3.32. The van der Waals surface area contributed by atoms with Crippen LogP contribution in [-0.2, 0) is 10.0 Å². The minimum Gasteiger partial charge on any atom is -0.369 e. The summed E-state index contributed by atoms with van der Waals surface area (Å²) >= 11 is 0. The van der Waals surface area contributed by atoms with Crippen LogP contribution in [0.15, 0.2) is 60.8 Å². The van der Waals surface area contributed by atoms with E-state index in [9.17, 15) is 8.42 Å². The summed E-state index contributed by atoms with van der Waals surface area (Å²) in [6, 6.07) is 16.1. The van der Waals surface area contributed by atoms with E-state index in [4.69, 9.17) is 5.73 Å². The zero-order valence-corrected chi connectivity index (χ0v) is 15.7. The molecule has 0 saturated heterocycles. The van der Waals surface area contributed by atoms with Crippen molar-refractivity contribution in [1.82, 2.24) is 19.5 Å². The Morgan fingerprint density at radius 2 is 1.68 bits per heavy atom. The Morgan fingerprint density at radius 3 is 2.43 bits per heavy atom. The SMILES string of the molecule is CS(=O)(=O)Nc1ccc(Nc2nccc(-n3c(N)nc4ccccc43)n2)cc1. The Morgan fingerprint density at radius 1 is 0.964 bits per heavy atom. The average Bonchev–Trinajstić information content (AvgIpc) is 2.98. The fourth-order valence-electron chi connectivity index (χ4n) is 2.78. The van der Waals surface area contributed by atoms with E-state index >= 15 is 0 Å². The molecule has 9 nitrogen and oxygen atoms in total. The van der Waals surface area contributed by atoms with Crippen LogP contribution >= 0.6 is 0 Å². The number of nitrogens with zero attached hydrogens (tertiary/aromatic N) is 4. The minimum absolute atomic E-state index is 0.335. The highest BCUT2D eigenvalue weighted by atomic mass is 32.2. The molecule has 2 aromatic heterocycles. The Kier molecular flexibility index (Phi) is 4.32. The van der Waals surface area contributed by atoms with Crippen molar-refractivity contribution in [3.63, 3.8) is 0 Å². The van der Waals surface area contributed by atoms with Gasteiger partial charge in [-0.2, -0.15) is 4.98 Å². The van der Waals surface area contributed by atoms with Gasteiger partial charge < -0.3 is 11.1 Å². The Bertz CT molecular complexity index is 1250. The third-order valence-corrected chi connectivity index (χ3v) is 4.51. The molecule has 0 radical (unpaired) electrons. The van der Waals surface area contributed by atoms with Gasteiger partial charge in [0, 0.05) is 23.6 Å². The van der Waals surface area contributed by atoms with Crippen molar-refractivity contribution in [2.45, 2.75) is 0 Å². The van der Waals surface area contributed by atoms with Crippen LogP contribution < -0.4 is 15.8 Å². The summed E-state index contributed by atoms with van der Waals surface area (Å²) in [4.78, 5) is 13.1. The molecule has 4 rings (SSSR count). The molecule has 10 heteroatoms. The number of para-hydroxylation sites is 2. The van der Waals surface area contributed by atoms with Crippen LogP contribution in [0.1, 0.15) is 0 Å². The first-order chi connectivity index (χ1) is 13.4. The van der Waals surface area contributed by atoms with E-state index in [1.54, 1.807) is 41.1 Å². The van der Waals surface area contributed by atoms with Crippen molar-refractivity contribution in [2.75, 3.05) is 22.0 Å². The second kappa shape index (κ2) is 6.82. The molecule has 0 aliphatic heterocycles. The lowest BCUT2D eigenvalue weighted by Gasteiger charge is -2.09. The Labute approximate surface area is 161 Å². The molecule has 142 valence electrons. The molecular formula is C18H17N7O2S. The molecule has 4 aromatic rings. The number of hydrogen-bond donors (Lipinski definition) is 3. The number of benzene rings is 2. The molecule has 0 fully saturated rings. The zero-order valence-electron chi connectivity index (χ0n) is 14.9. The molecule has 28 heavy (non-hydrogen) atoms. The molecule has 0 saturated carbocycles. The van der Waals surface area contributed by atoms with Crippen LogP contribution in [0, 0.1) is 0 Å². The number of nitrogens with two attached hydrogens (primary N) is 1. The molecule has 2 heterocycles. The highest BCUT2D eigenvalue weighted by Gasteiger charge is 2.11. The largest absolute Gasteiger partial charge is 0.369 e. The summed E-state index contributed by atoms with van der Waals surface area (Å²) < 4.78 is 26.7. The van der Waals surface area contributed by atoms with E-state index in [1.807, 2.05) is 24.3 Å². The van der Waals surface area contributed by atoms with Gasteiger partial charge in [-0.05, 0) is 36.4 Å². The molecule has 0 aliphatic carbocycles. The zero-order chi connectivity index (χ0) is 19.7. The molecular weight excluding hydrogens is 378 g/mol. The molecule has 4 N–H and O–H groups in total. The van der Waals surface area contributed by atoms with Crippen LogP contribution in [0.4, 0.5) is 23.3 Å². The lowest BCUT2D eigenvalue weighted by atomic mass is 10.3. The van der Waals surface area contributed by atoms with Crippen molar-refractivity contribution >= 4 is 44.3 Å². The van der Waals surface area contributed by atoms with Crippen molar-refractivity contribution in [1.29, 1.82) is 0 Å². The first-order valence-electron chi connectivity index (χ1n) is 8.30. The summed E-state index contributed by atoms with van der Waals surface area (Å²) in [6.07, 6.45) is 2.72. The average molecular weight is 395 g/mol. The van der Waals surface area contributed by atoms with Crippen molar-refractivity contribution in [2.24, 2.45) is 0 Å². The number of sulfonamides is 1. The smallest absolute Gasteiger partial charge is 0.229 e. The van der Waals surface area contributed by atoms with Gasteiger partial charge in [0.25, 0.3) is 0 Å². The van der Waals surface area contributed by atoms with Gasteiger partial charge in [-0.3, -0.25) is 9.29 Å². The topological polar surface area (TPSA) is 128 Å². The van der Waals surface area contributed by atoms with Gasteiger partial charge in [-0.1, -0.05) is 12.1 Å². The van der Waals surface area contributed by atoms with Crippen LogP contribution in [0.5, 0.6) is 0 Å². The van der Waals surface area contributed by atoms with Crippen LogP contribution in [0.25, 0.3) is 16.9 Å². The monoisotopic (exact) mass is 395 g/mol.